The Bertz CT molecular complexity index is 321. The maximum atomic E-state index is 3.54. The largest absolute Gasteiger partial charge is 0.317 e. The molecule has 1 fully saturated rings. The van der Waals surface area contributed by atoms with Crippen LogP contribution >= 0.6 is 27.3 Å². The number of hydrogen-bond donors (Lipinski definition) is 2. The number of hydrogen-bond acceptors (Lipinski definition) is 3. The van der Waals surface area contributed by atoms with Gasteiger partial charge in [0.05, 0.1) is 3.79 Å². The topological polar surface area (TPSA) is 24.1 Å². The fourth-order valence-electron chi connectivity index (χ4n) is 2.34. The van der Waals surface area contributed by atoms with Gasteiger partial charge in [-0.3, -0.25) is 0 Å². The number of thiophene rings is 1. The molecule has 0 spiro atoms. The molecule has 0 amide bonds. The normalized spacial score (nSPS) is 19.9. The van der Waals surface area contributed by atoms with Crippen molar-refractivity contribution in [3.05, 3.63) is 20.8 Å². The average Bonchev–Trinajstić information content (AvgIpc) is 2.74. The first-order chi connectivity index (χ1) is 7.79. The van der Waals surface area contributed by atoms with Crippen molar-refractivity contribution < 1.29 is 0 Å². The summed E-state index contributed by atoms with van der Waals surface area (Å²) in [5.41, 5.74) is 0. The van der Waals surface area contributed by atoms with Crippen molar-refractivity contribution in [1.29, 1.82) is 0 Å². The van der Waals surface area contributed by atoms with Crippen molar-refractivity contribution in [1.82, 2.24) is 10.6 Å². The molecule has 1 unspecified atom stereocenters. The molecule has 2 heterocycles. The van der Waals surface area contributed by atoms with E-state index in [1.807, 2.05) is 11.3 Å². The zero-order valence-corrected chi connectivity index (χ0v) is 12.0. The summed E-state index contributed by atoms with van der Waals surface area (Å²) in [5.74, 6) is 0.875. The summed E-state index contributed by atoms with van der Waals surface area (Å²) >= 11 is 5.38. The lowest BCUT2D eigenvalue weighted by molar-refractivity contribution is 0.320. The summed E-state index contributed by atoms with van der Waals surface area (Å²) in [7, 11) is 2.07. The van der Waals surface area contributed by atoms with Gasteiger partial charge in [0.15, 0.2) is 0 Å². The van der Waals surface area contributed by atoms with Crippen LogP contribution in [0, 0.1) is 5.92 Å². The minimum atomic E-state index is 0.527. The number of halogens is 1. The zero-order chi connectivity index (χ0) is 11.4. The van der Waals surface area contributed by atoms with Gasteiger partial charge in [-0.15, -0.1) is 11.3 Å². The van der Waals surface area contributed by atoms with Crippen LogP contribution in [0.3, 0.4) is 0 Å². The molecule has 16 heavy (non-hydrogen) atoms. The van der Waals surface area contributed by atoms with Gasteiger partial charge in [0.25, 0.3) is 0 Å². The lowest BCUT2D eigenvalue weighted by Gasteiger charge is -2.26. The smallest absolute Gasteiger partial charge is 0.0701 e. The van der Waals surface area contributed by atoms with Crippen molar-refractivity contribution in [3.8, 4) is 0 Å². The van der Waals surface area contributed by atoms with E-state index in [0.717, 1.165) is 5.92 Å². The fourth-order valence-corrected chi connectivity index (χ4v) is 3.89. The molecule has 0 radical (unpaired) electrons. The zero-order valence-electron chi connectivity index (χ0n) is 9.63. The second kappa shape index (κ2) is 6.15. The van der Waals surface area contributed by atoms with E-state index in [2.05, 4.69) is 45.7 Å². The lowest BCUT2D eigenvalue weighted by atomic mass is 9.90. The minimum absolute atomic E-state index is 0.527. The van der Waals surface area contributed by atoms with E-state index in [1.165, 1.54) is 41.0 Å². The Morgan fingerprint density at radius 1 is 1.50 bits per heavy atom. The molecule has 2 nitrogen and oxygen atoms in total. The molecule has 1 aliphatic rings. The van der Waals surface area contributed by atoms with Crippen molar-refractivity contribution in [3.63, 3.8) is 0 Å². The van der Waals surface area contributed by atoms with Gasteiger partial charge >= 0.3 is 0 Å². The predicted molar refractivity (Wildman–Crippen MR) is 74.0 cm³/mol. The van der Waals surface area contributed by atoms with Gasteiger partial charge in [-0.25, -0.2) is 0 Å². The third kappa shape index (κ3) is 3.29. The van der Waals surface area contributed by atoms with Crippen LogP contribution in [0.2, 0.25) is 0 Å². The van der Waals surface area contributed by atoms with Crippen LogP contribution in [0.5, 0.6) is 0 Å². The maximum Gasteiger partial charge on any atom is 0.0701 e. The summed E-state index contributed by atoms with van der Waals surface area (Å²) in [6.07, 6.45) is 3.92. The second-order valence-corrected chi connectivity index (χ2v) is 6.91. The summed E-state index contributed by atoms with van der Waals surface area (Å²) in [6, 6.07) is 4.91. The van der Waals surface area contributed by atoms with E-state index in [4.69, 9.17) is 0 Å². The van der Waals surface area contributed by atoms with Gasteiger partial charge in [-0.2, -0.15) is 0 Å². The standard InChI is InChI=1S/C12H19BrN2S/c1-14-10(11-2-3-12(13)16-11)8-9-4-6-15-7-5-9/h2-3,9-10,14-15H,4-8H2,1H3. The summed E-state index contributed by atoms with van der Waals surface area (Å²) in [4.78, 5) is 1.45. The van der Waals surface area contributed by atoms with E-state index in [1.54, 1.807) is 0 Å². The van der Waals surface area contributed by atoms with Crippen LogP contribution in [-0.4, -0.2) is 20.1 Å². The van der Waals surface area contributed by atoms with Crippen molar-refractivity contribution >= 4 is 27.3 Å². The van der Waals surface area contributed by atoms with Gasteiger partial charge in [0, 0.05) is 10.9 Å². The predicted octanol–water partition coefficient (Wildman–Crippen LogP) is 3.16. The van der Waals surface area contributed by atoms with E-state index in [0.29, 0.717) is 6.04 Å². The van der Waals surface area contributed by atoms with Crippen LogP contribution in [0.1, 0.15) is 30.2 Å². The van der Waals surface area contributed by atoms with Gasteiger partial charge in [-0.05, 0) is 73.4 Å². The molecule has 1 aromatic heterocycles. The first kappa shape index (κ1) is 12.6. The molecule has 4 heteroatoms. The van der Waals surface area contributed by atoms with Crippen molar-refractivity contribution in [2.45, 2.75) is 25.3 Å². The van der Waals surface area contributed by atoms with E-state index < -0.39 is 0 Å². The number of rotatable bonds is 4. The highest BCUT2D eigenvalue weighted by molar-refractivity contribution is 9.11. The molecule has 1 aliphatic heterocycles. The molecule has 2 rings (SSSR count). The molecule has 1 saturated heterocycles. The van der Waals surface area contributed by atoms with Crippen LogP contribution in [0.15, 0.2) is 15.9 Å². The molecular formula is C12H19BrN2S. The molecular weight excluding hydrogens is 284 g/mol. The number of piperidine rings is 1. The highest BCUT2D eigenvalue weighted by Gasteiger charge is 2.19. The fraction of sp³-hybridized carbons (Fsp3) is 0.667. The van der Waals surface area contributed by atoms with E-state index in [-0.39, 0.29) is 0 Å². The van der Waals surface area contributed by atoms with Crippen LogP contribution in [-0.2, 0) is 0 Å². The Morgan fingerprint density at radius 2 is 2.25 bits per heavy atom. The summed E-state index contributed by atoms with van der Waals surface area (Å²) in [6.45, 7) is 2.38. The monoisotopic (exact) mass is 302 g/mol. The first-order valence-electron chi connectivity index (χ1n) is 5.93. The third-order valence-corrected chi connectivity index (χ3v) is 5.05. The lowest BCUT2D eigenvalue weighted by Crippen LogP contribution is -2.30. The van der Waals surface area contributed by atoms with Gasteiger partial charge in [0.2, 0.25) is 0 Å². The van der Waals surface area contributed by atoms with Crippen molar-refractivity contribution in [2.75, 3.05) is 20.1 Å². The highest BCUT2D eigenvalue weighted by Crippen LogP contribution is 2.32. The van der Waals surface area contributed by atoms with Crippen LogP contribution in [0.4, 0.5) is 0 Å². The summed E-state index contributed by atoms with van der Waals surface area (Å²) in [5, 5.41) is 6.87. The van der Waals surface area contributed by atoms with Gasteiger partial charge in [0.1, 0.15) is 0 Å². The minimum Gasteiger partial charge on any atom is -0.317 e. The second-order valence-electron chi connectivity index (χ2n) is 4.41. The SMILES string of the molecule is CNC(CC1CCNCC1)c1ccc(Br)s1. The summed E-state index contributed by atoms with van der Waals surface area (Å²) < 4.78 is 1.23. The Morgan fingerprint density at radius 3 is 2.81 bits per heavy atom. The van der Waals surface area contributed by atoms with Crippen molar-refractivity contribution in [2.24, 2.45) is 5.92 Å². The Balaban J connectivity index is 1.94. The van der Waals surface area contributed by atoms with Crippen LogP contribution in [0.25, 0.3) is 0 Å². The molecule has 0 bridgehead atoms. The quantitative estimate of drug-likeness (QED) is 0.893. The Hall–Kier alpha value is 0.1000. The molecule has 1 aromatic rings. The maximum absolute atomic E-state index is 3.54. The molecule has 0 aliphatic carbocycles. The highest BCUT2D eigenvalue weighted by atomic mass is 79.9. The first-order valence-corrected chi connectivity index (χ1v) is 7.53. The molecule has 1 atom stereocenters. The molecule has 2 N–H and O–H groups in total. The number of nitrogens with one attached hydrogen (secondary N) is 2. The van der Waals surface area contributed by atoms with E-state index in [9.17, 15) is 0 Å². The molecule has 0 aromatic carbocycles. The van der Waals surface area contributed by atoms with Gasteiger partial charge in [-0.1, -0.05) is 0 Å². The van der Waals surface area contributed by atoms with Gasteiger partial charge < -0.3 is 10.6 Å². The van der Waals surface area contributed by atoms with Crippen LogP contribution < -0.4 is 10.6 Å². The molecule has 90 valence electrons. The third-order valence-electron chi connectivity index (χ3n) is 3.31. The molecule has 0 saturated carbocycles. The Kier molecular flexibility index (Phi) is 4.82. The average molecular weight is 303 g/mol. The Labute approximate surface area is 110 Å². The van der Waals surface area contributed by atoms with E-state index >= 15 is 0 Å².